The highest BCUT2D eigenvalue weighted by Gasteiger charge is 2.34. The minimum absolute atomic E-state index is 0.0612. The highest BCUT2D eigenvalue weighted by Crippen LogP contribution is 2.34. The molecule has 0 aliphatic heterocycles. The lowest BCUT2D eigenvalue weighted by Crippen LogP contribution is -2.34. The van der Waals surface area contributed by atoms with Crippen LogP contribution >= 0.6 is 0 Å². The van der Waals surface area contributed by atoms with Gasteiger partial charge in [0.05, 0.1) is 10.6 Å². The Morgan fingerprint density at radius 2 is 1.90 bits per heavy atom. The molecule has 1 N–H and O–H groups in total. The van der Waals surface area contributed by atoms with Crippen LogP contribution in [-0.4, -0.2) is 25.9 Å². The van der Waals surface area contributed by atoms with Crippen molar-refractivity contribution in [3.8, 4) is 0 Å². The summed E-state index contributed by atoms with van der Waals surface area (Å²) in [6.07, 6.45) is 3.03. The first-order chi connectivity index (χ1) is 13.8. The van der Waals surface area contributed by atoms with Crippen molar-refractivity contribution < 1.29 is 17.9 Å². The fraction of sp³-hybridized carbons (Fsp3) is 0.455. The third kappa shape index (κ3) is 5.93. The number of unbranched alkanes of at least 4 members (excludes halogenated alkanes) is 1. The Balaban J connectivity index is 2.43. The van der Waals surface area contributed by atoms with Crippen LogP contribution in [0.2, 0.25) is 0 Å². The number of nitrogens with zero attached hydrogens (tertiary/aromatic N) is 1. The van der Waals surface area contributed by atoms with Crippen LogP contribution in [-0.2, 0) is 16.3 Å². The van der Waals surface area contributed by atoms with Gasteiger partial charge in [-0.1, -0.05) is 38.8 Å². The second-order valence-corrected chi connectivity index (χ2v) is 9.52. The number of benzene rings is 2. The minimum Gasteiger partial charge on any atom is -0.396 e. The van der Waals surface area contributed by atoms with Crippen LogP contribution in [0.4, 0.5) is 10.1 Å². The Bertz CT molecular complexity index is 940. The van der Waals surface area contributed by atoms with E-state index < -0.39 is 21.1 Å². The van der Waals surface area contributed by atoms with Crippen molar-refractivity contribution in [2.45, 2.75) is 50.8 Å². The standard InChI is InChI=1S/C22H28FNO4S/c1-3-5-11-22(4-2,15-25)16-29(27,28)21-10-9-19(23)14-18(21)12-17-7-6-8-20(13-17)24-26/h6-10,13-14,25H,3-5,11-12,15-16H2,1-2H3/t22-/m1/s1. The Labute approximate surface area is 171 Å². The molecule has 0 fully saturated rings. The number of aliphatic hydroxyl groups is 1. The molecule has 7 heteroatoms. The van der Waals surface area contributed by atoms with Gasteiger partial charge < -0.3 is 5.11 Å². The van der Waals surface area contributed by atoms with Crippen molar-refractivity contribution in [3.05, 3.63) is 64.3 Å². The molecule has 29 heavy (non-hydrogen) atoms. The molecule has 0 bridgehead atoms. The van der Waals surface area contributed by atoms with Crippen molar-refractivity contribution in [3.63, 3.8) is 0 Å². The molecule has 0 aliphatic rings. The molecule has 2 aromatic rings. The van der Waals surface area contributed by atoms with Crippen LogP contribution < -0.4 is 0 Å². The average molecular weight is 422 g/mol. The number of sulfone groups is 1. The summed E-state index contributed by atoms with van der Waals surface area (Å²) in [6.45, 7) is 3.68. The number of nitroso groups, excluding NO2 is 1. The fourth-order valence-electron chi connectivity index (χ4n) is 3.55. The molecule has 0 unspecified atom stereocenters. The summed E-state index contributed by atoms with van der Waals surface area (Å²) in [5.74, 6) is -0.722. The zero-order valence-electron chi connectivity index (χ0n) is 16.9. The van der Waals surface area contributed by atoms with E-state index in [1.165, 1.54) is 12.1 Å². The average Bonchev–Trinajstić information content (AvgIpc) is 2.71. The van der Waals surface area contributed by atoms with E-state index >= 15 is 0 Å². The highest BCUT2D eigenvalue weighted by molar-refractivity contribution is 7.91. The van der Waals surface area contributed by atoms with Crippen LogP contribution in [0.5, 0.6) is 0 Å². The number of hydrogen-bond acceptors (Lipinski definition) is 5. The van der Waals surface area contributed by atoms with Gasteiger partial charge in [-0.25, -0.2) is 12.8 Å². The van der Waals surface area contributed by atoms with E-state index in [1.807, 2.05) is 13.8 Å². The SMILES string of the molecule is CCCC[C@](CC)(CO)CS(=O)(=O)c1ccc(F)cc1Cc1cccc(N=O)c1. The van der Waals surface area contributed by atoms with Crippen LogP contribution in [0.25, 0.3) is 0 Å². The summed E-state index contributed by atoms with van der Waals surface area (Å²) in [4.78, 5) is 10.8. The zero-order chi connectivity index (χ0) is 21.5. The lowest BCUT2D eigenvalue weighted by molar-refractivity contribution is 0.128. The summed E-state index contributed by atoms with van der Waals surface area (Å²) in [5.41, 5.74) is 0.501. The predicted molar refractivity (Wildman–Crippen MR) is 112 cm³/mol. The number of aliphatic hydroxyl groups excluding tert-OH is 1. The molecular formula is C22H28FNO4S. The molecule has 0 heterocycles. The smallest absolute Gasteiger partial charge is 0.179 e. The Hall–Kier alpha value is -2.12. The Kier molecular flexibility index (Phi) is 8.05. The molecule has 0 saturated heterocycles. The second kappa shape index (κ2) is 10.1. The Morgan fingerprint density at radius 3 is 2.52 bits per heavy atom. The van der Waals surface area contributed by atoms with Crippen molar-refractivity contribution in [1.82, 2.24) is 0 Å². The minimum atomic E-state index is -3.77. The first kappa shape index (κ1) is 23.2. The van der Waals surface area contributed by atoms with E-state index in [1.54, 1.807) is 24.3 Å². The van der Waals surface area contributed by atoms with Crippen molar-refractivity contribution >= 4 is 15.5 Å². The van der Waals surface area contributed by atoms with E-state index in [0.717, 1.165) is 18.9 Å². The molecule has 0 radical (unpaired) electrons. The summed E-state index contributed by atoms with van der Waals surface area (Å²) in [6, 6.07) is 10.1. The molecular weight excluding hydrogens is 393 g/mol. The van der Waals surface area contributed by atoms with E-state index in [0.29, 0.717) is 24.0 Å². The van der Waals surface area contributed by atoms with E-state index in [4.69, 9.17) is 0 Å². The van der Waals surface area contributed by atoms with Gasteiger partial charge in [-0.15, -0.1) is 4.91 Å². The quantitative estimate of drug-likeness (QED) is 0.401. The van der Waals surface area contributed by atoms with Gasteiger partial charge in [-0.05, 0) is 65.9 Å². The fourth-order valence-corrected chi connectivity index (χ4v) is 5.76. The van der Waals surface area contributed by atoms with Crippen molar-refractivity contribution in [1.29, 1.82) is 0 Å². The molecule has 0 spiro atoms. The molecule has 0 aromatic heterocycles. The van der Waals surface area contributed by atoms with E-state index in [-0.39, 0.29) is 29.4 Å². The van der Waals surface area contributed by atoms with Crippen LogP contribution in [0, 0.1) is 16.1 Å². The molecule has 2 aromatic carbocycles. The molecule has 0 aliphatic carbocycles. The predicted octanol–water partition coefficient (Wildman–Crippen LogP) is 5.17. The third-order valence-corrected chi connectivity index (χ3v) is 7.47. The van der Waals surface area contributed by atoms with Gasteiger partial charge in [0.15, 0.2) is 9.84 Å². The van der Waals surface area contributed by atoms with Crippen molar-refractivity contribution in [2.24, 2.45) is 10.6 Å². The van der Waals surface area contributed by atoms with E-state index in [2.05, 4.69) is 5.18 Å². The molecule has 0 amide bonds. The maximum absolute atomic E-state index is 13.9. The van der Waals surface area contributed by atoms with Crippen LogP contribution in [0.3, 0.4) is 0 Å². The zero-order valence-corrected chi connectivity index (χ0v) is 17.7. The highest BCUT2D eigenvalue weighted by atomic mass is 32.2. The molecule has 2 rings (SSSR count). The largest absolute Gasteiger partial charge is 0.396 e. The lowest BCUT2D eigenvalue weighted by Gasteiger charge is -2.30. The van der Waals surface area contributed by atoms with Gasteiger partial charge in [0, 0.05) is 12.0 Å². The monoisotopic (exact) mass is 421 g/mol. The second-order valence-electron chi connectivity index (χ2n) is 7.56. The van der Waals surface area contributed by atoms with Gasteiger partial charge in [-0.3, -0.25) is 0 Å². The summed E-state index contributed by atoms with van der Waals surface area (Å²) in [5, 5.41) is 12.8. The van der Waals surface area contributed by atoms with Gasteiger partial charge in [0.1, 0.15) is 11.5 Å². The number of halogens is 1. The third-order valence-electron chi connectivity index (χ3n) is 5.41. The first-order valence-corrected chi connectivity index (χ1v) is 11.5. The van der Waals surface area contributed by atoms with E-state index in [9.17, 15) is 22.8 Å². The first-order valence-electron chi connectivity index (χ1n) is 9.83. The number of hydrogen-bond donors (Lipinski definition) is 1. The molecule has 158 valence electrons. The summed E-state index contributed by atoms with van der Waals surface area (Å²) < 4.78 is 40.5. The maximum Gasteiger partial charge on any atom is 0.179 e. The normalized spacial score (nSPS) is 13.8. The van der Waals surface area contributed by atoms with Crippen LogP contribution in [0.1, 0.15) is 50.7 Å². The van der Waals surface area contributed by atoms with Crippen molar-refractivity contribution in [2.75, 3.05) is 12.4 Å². The molecule has 0 saturated carbocycles. The summed E-state index contributed by atoms with van der Waals surface area (Å²) in [7, 11) is -3.77. The van der Waals surface area contributed by atoms with Crippen LogP contribution in [0.15, 0.2) is 52.5 Å². The summed E-state index contributed by atoms with van der Waals surface area (Å²) >= 11 is 0. The Morgan fingerprint density at radius 1 is 1.14 bits per heavy atom. The van der Waals surface area contributed by atoms with Gasteiger partial charge in [0.25, 0.3) is 0 Å². The maximum atomic E-state index is 13.9. The topological polar surface area (TPSA) is 83.8 Å². The lowest BCUT2D eigenvalue weighted by atomic mass is 9.83. The van der Waals surface area contributed by atoms with Gasteiger partial charge in [-0.2, -0.15) is 0 Å². The number of rotatable bonds is 11. The molecule has 5 nitrogen and oxygen atoms in total. The van der Waals surface area contributed by atoms with Gasteiger partial charge >= 0.3 is 0 Å². The van der Waals surface area contributed by atoms with Gasteiger partial charge in [0.2, 0.25) is 0 Å². The molecule has 1 atom stereocenters.